The quantitative estimate of drug-likeness (QED) is 0.575. The van der Waals surface area contributed by atoms with Crippen LogP contribution in [0.2, 0.25) is 0 Å². The molecule has 1 heterocycles. The number of anilines is 2. The van der Waals surface area contributed by atoms with Crippen molar-refractivity contribution in [2.75, 3.05) is 11.5 Å². The van der Waals surface area contributed by atoms with E-state index in [0.29, 0.717) is 18.1 Å². The maximum absolute atomic E-state index is 5.43. The zero-order valence-electron chi connectivity index (χ0n) is 5.62. The van der Waals surface area contributed by atoms with E-state index in [1.165, 1.54) is 0 Å². The van der Waals surface area contributed by atoms with Gasteiger partial charge in [0, 0.05) is 0 Å². The summed E-state index contributed by atoms with van der Waals surface area (Å²) >= 11 is 0. The van der Waals surface area contributed by atoms with Gasteiger partial charge in [-0.1, -0.05) is 6.08 Å². The summed E-state index contributed by atoms with van der Waals surface area (Å²) in [5.41, 5.74) is 11.3. The Morgan fingerprint density at radius 3 is 2.80 bits per heavy atom. The highest BCUT2D eigenvalue weighted by Crippen LogP contribution is 2.09. The largest absolute Gasteiger partial charge is 0.394 e. The van der Waals surface area contributed by atoms with Crippen LogP contribution >= 0.6 is 0 Å². The summed E-state index contributed by atoms with van der Waals surface area (Å²) in [5, 5.41) is 3.90. The number of rotatable bonds is 2. The monoisotopic (exact) mass is 138 g/mol. The number of allylic oxidation sites excluding steroid dienone is 1. The third-order valence-electron chi connectivity index (χ3n) is 1.14. The lowest BCUT2D eigenvalue weighted by molar-refractivity contribution is 0.706. The smallest absolute Gasteiger partial charge is 0.168 e. The predicted octanol–water partition coefficient (Wildman–Crippen LogP) is 0.234. The van der Waals surface area contributed by atoms with Crippen molar-refractivity contribution in [2.45, 2.75) is 6.54 Å². The van der Waals surface area contributed by atoms with Crippen LogP contribution < -0.4 is 11.5 Å². The molecule has 0 aliphatic rings. The van der Waals surface area contributed by atoms with Gasteiger partial charge in [0.25, 0.3) is 0 Å². The highest BCUT2D eigenvalue weighted by Gasteiger charge is 1.97. The van der Waals surface area contributed by atoms with E-state index in [2.05, 4.69) is 11.7 Å². The lowest BCUT2D eigenvalue weighted by atomic mass is 10.5. The lowest BCUT2D eigenvalue weighted by Gasteiger charge is -1.90. The minimum atomic E-state index is 0.377. The minimum Gasteiger partial charge on any atom is -0.394 e. The molecule has 0 aliphatic heterocycles. The first-order valence-corrected chi connectivity index (χ1v) is 2.93. The molecular formula is C6H10N4. The van der Waals surface area contributed by atoms with E-state index in [1.807, 2.05) is 0 Å². The number of nitrogens with zero attached hydrogens (tertiary/aromatic N) is 2. The second-order valence-electron chi connectivity index (χ2n) is 1.98. The molecule has 1 rings (SSSR count). The van der Waals surface area contributed by atoms with Gasteiger partial charge >= 0.3 is 0 Å². The molecule has 0 amide bonds. The highest BCUT2D eigenvalue weighted by molar-refractivity contribution is 5.56. The van der Waals surface area contributed by atoms with Gasteiger partial charge in [0.05, 0.1) is 18.4 Å². The minimum absolute atomic E-state index is 0.377. The Labute approximate surface area is 59.1 Å². The molecular weight excluding hydrogens is 128 g/mol. The first-order chi connectivity index (χ1) is 4.74. The summed E-state index contributed by atoms with van der Waals surface area (Å²) in [5.74, 6) is 0.377. The Hall–Kier alpha value is -1.45. The second kappa shape index (κ2) is 2.43. The van der Waals surface area contributed by atoms with Gasteiger partial charge in [0.2, 0.25) is 0 Å². The molecule has 54 valence electrons. The van der Waals surface area contributed by atoms with Crippen LogP contribution in [0.1, 0.15) is 0 Å². The van der Waals surface area contributed by atoms with Gasteiger partial charge in [0.1, 0.15) is 0 Å². The maximum atomic E-state index is 5.43. The van der Waals surface area contributed by atoms with E-state index >= 15 is 0 Å². The average molecular weight is 138 g/mol. The standard InChI is InChI=1S/C6H10N4/c1-2-3-10-4-5(7)6(8)9-10/h2,4H,1,3,7H2,(H2,8,9). The molecule has 4 heteroatoms. The van der Waals surface area contributed by atoms with Gasteiger partial charge in [-0.2, -0.15) is 5.10 Å². The summed E-state index contributed by atoms with van der Waals surface area (Å²) in [6, 6.07) is 0. The van der Waals surface area contributed by atoms with E-state index in [4.69, 9.17) is 11.5 Å². The molecule has 1 aromatic rings. The normalized spacial score (nSPS) is 9.60. The predicted molar refractivity (Wildman–Crippen MR) is 41.2 cm³/mol. The number of hydrogen-bond donors (Lipinski definition) is 2. The molecule has 0 spiro atoms. The average Bonchev–Trinajstić information content (AvgIpc) is 2.14. The summed E-state index contributed by atoms with van der Waals surface area (Å²) in [6.45, 7) is 4.19. The zero-order valence-corrected chi connectivity index (χ0v) is 5.62. The number of aromatic nitrogens is 2. The summed E-state index contributed by atoms with van der Waals surface area (Å²) in [6.07, 6.45) is 3.41. The molecule has 0 bridgehead atoms. The molecule has 10 heavy (non-hydrogen) atoms. The molecule has 0 fully saturated rings. The molecule has 0 aliphatic carbocycles. The first kappa shape index (κ1) is 6.67. The molecule has 1 aromatic heterocycles. The van der Waals surface area contributed by atoms with E-state index < -0.39 is 0 Å². The van der Waals surface area contributed by atoms with Crippen LogP contribution in [0.15, 0.2) is 18.9 Å². The zero-order chi connectivity index (χ0) is 7.56. The van der Waals surface area contributed by atoms with Crippen LogP contribution in [0.5, 0.6) is 0 Å². The van der Waals surface area contributed by atoms with Crippen molar-refractivity contribution in [3.63, 3.8) is 0 Å². The van der Waals surface area contributed by atoms with Gasteiger partial charge < -0.3 is 11.5 Å². The SMILES string of the molecule is C=CCn1cc(N)c(N)n1. The Balaban J connectivity index is 2.86. The molecule has 0 radical (unpaired) electrons. The van der Waals surface area contributed by atoms with Gasteiger partial charge in [-0.25, -0.2) is 0 Å². The van der Waals surface area contributed by atoms with E-state index in [0.717, 1.165) is 0 Å². The van der Waals surface area contributed by atoms with E-state index in [1.54, 1.807) is 17.0 Å². The summed E-state index contributed by atoms with van der Waals surface area (Å²) in [7, 11) is 0. The van der Waals surface area contributed by atoms with Crippen molar-refractivity contribution in [1.82, 2.24) is 9.78 Å². The Morgan fingerprint density at radius 1 is 1.70 bits per heavy atom. The van der Waals surface area contributed by atoms with Gasteiger partial charge in [-0.15, -0.1) is 6.58 Å². The van der Waals surface area contributed by atoms with Crippen LogP contribution in [0.25, 0.3) is 0 Å². The molecule has 4 nitrogen and oxygen atoms in total. The highest BCUT2D eigenvalue weighted by atomic mass is 15.3. The fourth-order valence-electron chi connectivity index (χ4n) is 0.677. The Bertz CT molecular complexity index is 218. The number of hydrogen-bond acceptors (Lipinski definition) is 3. The third kappa shape index (κ3) is 1.10. The van der Waals surface area contributed by atoms with E-state index in [9.17, 15) is 0 Å². The number of nitrogen functional groups attached to an aromatic ring is 2. The topological polar surface area (TPSA) is 69.9 Å². The van der Waals surface area contributed by atoms with Crippen molar-refractivity contribution < 1.29 is 0 Å². The lowest BCUT2D eigenvalue weighted by Crippen LogP contribution is -1.96. The molecule has 4 N–H and O–H groups in total. The second-order valence-corrected chi connectivity index (χ2v) is 1.98. The Morgan fingerprint density at radius 2 is 2.40 bits per heavy atom. The van der Waals surface area contributed by atoms with E-state index in [-0.39, 0.29) is 0 Å². The van der Waals surface area contributed by atoms with Crippen molar-refractivity contribution in [3.8, 4) is 0 Å². The van der Waals surface area contributed by atoms with Crippen molar-refractivity contribution in [1.29, 1.82) is 0 Å². The molecule has 0 unspecified atom stereocenters. The van der Waals surface area contributed by atoms with Crippen LogP contribution in [-0.2, 0) is 6.54 Å². The van der Waals surface area contributed by atoms with Crippen LogP contribution in [-0.4, -0.2) is 9.78 Å². The summed E-state index contributed by atoms with van der Waals surface area (Å²) < 4.78 is 1.64. The van der Waals surface area contributed by atoms with Crippen LogP contribution in [0.4, 0.5) is 11.5 Å². The fourth-order valence-corrected chi connectivity index (χ4v) is 0.677. The molecule has 0 atom stereocenters. The molecule has 0 saturated heterocycles. The van der Waals surface area contributed by atoms with Crippen molar-refractivity contribution in [2.24, 2.45) is 0 Å². The maximum Gasteiger partial charge on any atom is 0.168 e. The van der Waals surface area contributed by atoms with Gasteiger partial charge in [-0.3, -0.25) is 4.68 Å². The van der Waals surface area contributed by atoms with Crippen molar-refractivity contribution in [3.05, 3.63) is 18.9 Å². The van der Waals surface area contributed by atoms with Gasteiger partial charge in [0.15, 0.2) is 5.82 Å². The first-order valence-electron chi connectivity index (χ1n) is 2.93. The third-order valence-corrected chi connectivity index (χ3v) is 1.14. The van der Waals surface area contributed by atoms with Crippen LogP contribution in [0, 0.1) is 0 Å². The Kier molecular flexibility index (Phi) is 1.62. The number of nitrogens with two attached hydrogens (primary N) is 2. The van der Waals surface area contributed by atoms with Crippen LogP contribution in [0.3, 0.4) is 0 Å². The fraction of sp³-hybridized carbons (Fsp3) is 0.167. The van der Waals surface area contributed by atoms with Gasteiger partial charge in [-0.05, 0) is 0 Å². The summed E-state index contributed by atoms with van der Waals surface area (Å²) in [4.78, 5) is 0. The molecule has 0 saturated carbocycles. The van der Waals surface area contributed by atoms with Crippen molar-refractivity contribution >= 4 is 11.5 Å². The molecule has 0 aromatic carbocycles.